The van der Waals surface area contributed by atoms with Gasteiger partial charge in [0.15, 0.2) is 0 Å². The Labute approximate surface area is 114 Å². The average Bonchev–Trinajstić information content (AvgIpc) is 2.93. The van der Waals surface area contributed by atoms with Crippen molar-refractivity contribution in [1.29, 1.82) is 0 Å². The molecule has 2 rings (SSSR count). The van der Waals surface area contributed by atoms with Crippen LogP contribution in [0.15, 0.2) is 24.3 Å². The largest absolute Gasteiger partial charge is 0.377 e. The zero-order valence-electron chi connectivity index (χ0n) is 11.4. The molecule has 1 amide bonds. The van der Waals surface area contributed by atoms with Crippen LogP contribution in [-0.2, 0) is 22.6 Å². The molecule has 0 aromatic heterocycles. The van der Waals surface area contributed by atoms with Crippen LogP contribution in [0.2, 0.25) is 0 Å². The third kappa shape index (κ3) is 3.55. The van der Waals surface area contributed by atoms with Crippen LogP contribution in [0.1, 0.15) is 30.9 Å². The van der Waals surface area contributed by atoms with Crippen molar-refractivity contribution in [3.05, 3.63) is 35.4 Å². The molecule has 0 bridgehead atoms. The molecule has 4 nitrogen and oxygen atoms in total. The van der Waals surface area contributed by atoms with E-state index in [1.807, 2.05) is 24.3 Å². The van der Waals surface area contributed by atoms with Gasteiger partial charge in [0.05, 0.1) is 12.0 Å². The highest BCUT2D eigenvalue weighted by Gasteiger charge is 2.32. The van der Waals surface area contributed by atoms with Gasteiger partial charge in [0.25, 0.3) is 0 Å². The van der Waals surface area contributed by atoms with Crippen LogP contribution in [0.4, 0.5) is 0 Å². The Bertz CT molecular complexity index is 434. The van der Waals surface area contributed by atoms with Gasteiger partial charge in [-0.2, -0.15) is 0 Å². The summed E-state index contributed by atoms with van der Waals surface area (Å²) in [7, 11) is 0. The van der Waals surface area contributed by atoms with Gasteiger partial charge in [-0.1, -0.05) is 31.2 Å². The van der Waals surface area contributed by atoms with Crippen molar-refractivity contribution in [1.82, 2.24) is 5.32 Å². The summed E-state index contributed by atoms with van der Waals surface area (Å²) in [6, 6.07) is 7.99. The smallest absolute Gasteiger partial charge is 0.226 e. The summed E-state index contributed by atoms with van der Waals surface area (Å²) in [5.41, 5.74) is 7.78. The Morgan fingerprint density at radius 3 is 3.00 bits per heavy atom. The molecular formula is C15H22N2O2. The van der Waals surface area contributed by atoms with E-state index in [-0.39, 0.29) is 17.9 Å². The molecule has 1 heterocycles. The molecule has 1 fully saturated rings. The van der Waals surface area contributed by atoms with Crippen molar-refractivity contribution in [2.24, 2.45) is 11.7 Å². The first-order chi connectivity index (χ1) is 9.24. The van der Waals surface area contributed by atoms with E-state index >= 15 is 0 Å². The molecule has 104 valence electrons. The van der Waals surface area contributed by atoms with Crippen LogP contribution in [0.3, 0.4) is 0 Å². The number of carbonyl (C=O) groups is 1. The van der Waals surface area contributed by atoms with Crippen LogP contribution in [-0.4, -0.2) is 18.6 Å². The maximum atomic E-state index is 12.1. The van der Waals surface area contributed by atoms with Crippen molar-refractivity contribution < 1.29 is 9.53 Å². The summed E-state index contributed by atoms with van der Waals surface area (Å²) in [6.07, 6.45) is 1.80. The molecule has 0 saturated carbocycles. The van der Waals surface area contributed by atoms with Crippen LogP contribution in [0, 0.1) is 5.92 Å². The molecule has 0 spiro atoms. The number of ether oxygens (including phenoxy) is 1. The van der Waals surface area contributed by atoms with E-state index in [0.717, 1.165) is 24.0 Å². The molecule has 2 atom stereocenters. The predicted octanol–water partition coefficient (Wildman–Crippen LogP) is 1.58. The first kappa shape index (κ1) is 14.0. The summed E-state index contributed by atoms with van der Waals surface area (Å²) in [6.45, 7) is 3.83. The fourth-order valence-electron chi connectivity index (χ4n) is 2.54. The van der Waals surface area contributed by atoms with E-state index in [0.29, 0.717) is 19.7 Å². The third-order valence-corrected chi connectivity index (χ3v) is 3.64. The van der Waals surface area contributed by atoms with E-state index in [2.05, 4.69) is 12.2 Å². The average molecular weight is 262 g/mol. The van der Waals surface area contributed by atoms with Crippen LogP contribution >= 0.6 is 0 Å². The Kier molecular flexibility index (Phi) is 4.93. The van der Waals surface area contributed by atoms with Crippen molar-refractivity contribution in [3.63, 3.8) is 0 Å². The van der Waals surface area contributed by atoms with Gasteiger partial charge in [0.2, 0.25) is 5.91 Å². The number of hydrogen-bond acceptors (Lipinski definition) is 3. The Morgan fingerprint density at radius 2 is 2.26 bits per heavy atom. The van der Waals surface area contributed by atoms with Crippen molar-refractivity contribution in [3.8, 4) is 0 Å². The standard InChI is InChI=1S/C15H22N2O2/c1-2-14-13(6-7-19-14)15(18)17-10-12-5-3-4-11(8-12)9-16/h3-5,8,13-14H,2,6-7,9-10,16H2,1H3,(H,17,18). The minimum Gasteiger partial charge on any atom is -0.377 e. The number of rotatable bonds is 5. The van der Waals surface area contributed by atoms with Crippen molar-refractivity contribution in [2.75, 3.05) is 6.61 Å². The number of hydrogen-bond donors (Lipinski definition) is 2. The molecule has 19 heavy (non-hydrogen) atoms. The van der Waals surface area contributed by atoms with Gasteiger partial charge in [-0.15, -0.1) is 0 Å². The number of nitrogens with one attached hydrogen (secondary N) is 1. The molecule has 0 aliphatic carbocycles. The summed E-state index contributed by atoms with van der Waals surface area (Å²) in [5.74, 6) is 0.102. The highest BCUT2D eigenvalue weighted by atomic mass is 16.5. The summed E-state index contributed by atoms with van der Waals surface area (Å²) >= 11 is 0. The second-order valence-corrected chi connectivity index (χ2v) is 4.95. The predicted molar refractivity (Wildman–Crippen MR) is 74.3 cm³/mol. The minimum absolute atomic E-state index is 0.00249. The maximum Gasteiger partial charge on any atom is 0.226 e. The molecule has 2 unspecified atom stereocenters. The molecule has 3 N–H and O–H groups in total. The molecular weight excluding hydrogens is 240 g/mol. The lowest BCUT2D eigenvalue weighted by Crippen LogP contribution is -2.34. The van der Waals surface area contributed by atoms with Gasteiger partial charge in [0, 0.05) is 19.7 Å². The lowest BCUT2D eigenvalue weighted by Gasteiger charge is -2.16. The van der Waals surface area contributed by atoms with E-state index in [9.17, 15) is 4.79 Å². The topological polar surface area (TPSA) is 64.3 Å². The third-order valence-electron chi connectivity index (χ3n) is 3.64. The van der Waals surface area contributed by atoms with Crippen LogP contribution in [0.25, 0.3) is 0 Å². The van der Waals surface area contributed by atoms with Gasteiger partial charge in [-0.25, -0.2) is 0 Å². The molecule has 1 aliphatic rings. The number of amides is 1. The van der Waals surface area contributed by atoms with Gasteiger partial charge in [0.1, 0.15) is 0 Å². The van der Waals surface area contributed by atoms with Gasteiger partial charge in [-0.3, -0.25) is 4.79 Å². The van der Waals surface area contributed by atoms with Crippen molar-refractivity contribution in [2.45, 2.75) is 39.0 Å². The van der Waals surface area contributed by atoms with E-state index in [1.54, 1.807) is 0 Å². The second kappa shape index (κ2) is 6.68. The fraction of sp³-hybridized carbons (Fsp3) is 0.533. The molecule has 1 saturated heterocycles. The Balaban J connectivity index is 1.89. The number of nitrogens with two attached hydrogens (primary N) is 1. The van der Waals surface area contributed by atoms with Gasteiger partial charge >= 0.3 is 0 Å². The van der Waals surface area contributed by atoms with Crippen molar-refractivity contribution >= 4 is 5.91 Å². The van der Waals surface area contributed by atoms with Gasteiger partial charge in [-0.05, 0) is 24.0 Å². The lowest BCUT2D eigenvalue weighted by atomic mass is 9.98. The Morgan fingerprint density at radius 1 is 1.47 bits per heavy atom. The molecule has 0 radical (unpaired) electrons. The first-order valence-corrected chi connectivity index (χ1v) is 6.91. The lowest BCUT2D eigenvalue weighted by molar-refractivity contribution is -0.126. The van der Waals surface area contributed by atoms with E-state index in [1.165, 1.54) is 0 Å². The maximum absolute atomic E-state index is 12.1. The minimum atomic E-state index is 0.00249. The van der Waals surface area contributed by atoms with Crippen LogP contribution in [0.5, 0.6) is 0 Å². The quantitative estimate of drug-likeness (QED) is 0.846. The SMILES string of the molecule is CCC1OCCC1C(=O)NCc1cccc(CN)c1. The second-order valence-electron chi connectivity index (χ2n) is 4.95. The summed E-state index contributed by atoms with van der Waals surface area (Å²) < 4.78 is 5.55. The zero-order valence-corrected chi connectivity index (χ0v) is 11.4. The van der Waals surface area contributed by atoms with Crippen LogP contribution < -0.4 is 11.1 Å². The Hall–Kier alpha value is -1.39. The normalized spacial score (nSPS) is 22.4. The first-order valence-electron chi connectivity index (χ1n) is 6.91. The summed E-state index contributed by atoms with van der Waals surface area (Å²) in [5, 5.41) is 3.00. The zero-order chi connectivity index (χ0) is 13.7. The van der Waals surface area contributed by atoms with E-state index < -0.39 is 0 Å². The number of benzene rings is 1. The molecule has 1 aromatic carbocycles. The number of carbonyl (C=O) groups excluding carboxylic acids is 1. The molecule has 1 aliphatic heterocycles. The highest BCUT2D eigenvalue weighted by Crippen LogP contribution is 2.23. The molecule has 4 heteroatoms. The molecule has 1 aromatic rings. The van der Waals surface area contributed by atoms with Gasteiger partial charge < -0.3 is 15.8 Å². The summed E-state index contributed by atoms with van der Waals surface area (Å²) in [4.78, 5) is 12.1. The fourth-order valence-corrected chi connectivity index (χ4v) is 2.54. The highest BCUT2D eigenvalue weighted by molar-refractivity contribution is 5.79. The monoisotopic (exact) mass is 262 g/mol. The van der Waals surface area contributed by atoms with E-state index in [4.69, 9.17) is 10.5 Å².